The smallest absolute Gasteiger partial charge is 0.322 e. The third-order valence-corrected chi connectivity index (χ3v) is 4.04. The van der Waals surface area contributed by atoms with Crippen molar-refractivity contribution in [1.29, 1.82) is 5.26 Å². The standard InChI is InChI=1S/C16H21N3O2/c1-13(16(20)21-2)18-8-10-19(11-9-18)15(12-17)14-6-4-3-5-7-14/h3-7,13,15H,8-11H2,1-2H3/t13-,15+/m1/s1. The van der Waals surface area contributed by atoms with Gasteiger partial charge in [-0.25, -0.2) is 0 Å². The number of ether oxygens (including phenoxy) is 1. The van der Waals surface area contributed by atoms with E-state index in [1.54, 1.807) is 0 Å². The Morgan fingerprint density at radius 2 is 1.76 bits per heavy atom. The monoisotopic (exact) mass is 287 g/mol. The van der Waals surface area contributed by atoms with Gasteiger partial charge in [-0.15, -0.1) is 0 Å². The molecule has 0 aromatic heterocycles. The summed E-state index contributed by atoms with van der Waals surface area (Å²) in [5, 5.41) is 9.45. The molecule has 1 aliphatic rings. The highest BCUT2D eigenvalue weighted by Crippen LogP contribution is 2.21. The fourth-order valence-corrected chi connectivity index (χ4v) is 2.70. The van der Waals surface area contributed by atoms with Crippen molar-refractivity contribution in [1.82, 2.24) is 9.80 Å². The second-order valence-corrected chi connectivity index (χ2v) is 5.21. The van der Waals surface area contributed by atoms with E-state index < -0.39 is 0 Å². The van der Waals surface area contributed by atoms with Crippen LogP contribution in [-0.2, 0) is 9.53 Å². The molecule has 0 radical (unpaired) electrons. The third-order valence-electron chi connectivity index (χ3n) is 4.04. The van der Waals surface area contributed by atoms with Gasteiger partial charge in [0.15, 0.2) is 0 Å². The van der Waals surface area contributed by atoms with Crippen LogP contribution in [0.15, 0.2) is 30.3 Å². The predicted molar refractivity (Wildman–Crippen MR) is 79.4 cm³/mol. The fourth-order valence-electron chi connectivity index (χ4n) is 2.70. The van der Waals surface area contributed by atoms with Crippen molar-refractivity contribution in [3.63, 3.8) is 0 Å². The van der Waals surface area contributed by atoms with E-state index in [1.165, 1.54) is 7.11 Å². The van der Waals surface area contributed by atoms with E-state index in [4.69, 9.17) is 4.74 Å². The molecule has 1 aromatic rings. The molecule has 1 heterocycles. The Morgan fingerprint density at radius 1 is 1.19 bits per heavy atom. The van der Waals surface area contributed by atoms with E-state index in [9.17, 15) is 10.1 Å². The van der Waals surface area contributed by atoms with E-state index in [1.807, 2.05) is 37.3 Å². The lowest BCUT2D eigenvalue weighted by Gasteiger charge is -2.38. The molecule has 1 aliphatic heterocycles. The summed E-state index contributed by atoms with van der Waals surface area (Å²) in [5.41, 5.74) is 1.02. The Bertz CT molecular complexity index is 504. The zero-order chi connectivity index (χ0) is 15.2. The molecule has 0 N–H and O–H groups in total. The van der Waals surface area contributed by atoms with Gasteiger partial charge in [0, 0.05) is 26.2 Å². The van der Waals surface area contributed by atoms with Crippen molar-refractivity contribution < 1.29 is 9.53 Å². The first-order valence-electron chi connectivity index (χ1n) is 7.18. The molecule has 112 valence electrons. The number of benzene rings is 1. The lowest BCUT2D eigenvalue weighted by Crippen LogP contribution is -2.52. The average Bonchev–Trinajstić information content (AvgIpc) is 2.56. The molecule has 0 amide bonds. The van der Waals surface area contributed by atoms with Gasteiger partial charge >= 0.3 is 5.97 Å². The Hall–Kier alpha value is -1.90. The summed E-state index contributed by atoms with van der Waals surface area (Å²) in [6.45, 7) is 4.94. The van der Waals surface area contributed by atoms with Crippen molar-refractivity contribution in [2.75, 3.05) is 33.3 Å². The van der Waals surface area contributed by atoms with Crippen molar-refractivity contribution in [2.24, 2.45) is 0 Å². The molecule has 1 fully saturated rings. The molecule has 21 heavy (non-hydrogen) atoms. The number of carbonyl (C=O) groups is 1. The summed E-state index contributed by atoms with van der Waals surface area (Å²) < 4.78 is 4.78. The molecule has 0 unspecified atom stereocenters. The number of piperazine rings is 1. The molecular weight excluding hydrogens is 266 g/mol. The third kappa shape index (κ3) is 3.60. The minimum Gasteiger partial charge on any atom is -0.468 e. The summed E-state index contributed by atoms with van der Waals surface area (Å²) in [6.07, 6.45) is 0. The topological polar surface area (TPSA) is 56.6 Å². The molecule has 0 bridgehead atoms. The lowest BCUT2D eigenvalue weighted by molar-refractivity contribution is -0.147. The maximum absolute atomic E-state index is 11.6. The minimum absolute atomic E-state index is 0.205. The van der Waals surface area contributed by atoms with Crippen molar-refractivity contribution in [3.05, 3.63) is 35.9 Å². The zero-order valence-electron chi connectivity index (χ0n) is 12.5. The fraction of sp³-hybridized carbons (Fsp3) is 0.500. The highest BCUT2D eigenvalue weighted by atomic mass is 16.5. The normalized spacial score (nSPS) is 19.5. The molecule has 5 heteroatoms. The first-order valence-corrected chi connectivity index (χ1v) is 7.18. The number of carbonyl (C=O) groups excluding carboxylic acids is 1. The van der Waals surface area contributed by atoms with E-state index >= 15 is 0 Å². The number of hydrogen-bond donors (Lipinski definition) is 0. The molecule has 2 atom stereocenters. The van der Waals surface area contributed by atoms with Crippen LogP contribution in [0.25, 0.3) is 0 Å². The van der Waals surface area contributed by atoms with Crippen LogP contribution in [0.2, 0.25) is 0 Å². The molecule has 2 rings (SSSR count). The number of nitriles is 1. The van der Waals surface area contributed by atoms with Gasteiger partial charge in [0.25, 0.3) is 0 Å². The lowest BCUT2D eigenvalue weighted by atomic mass is 10.1. The molecule has 1 aromatic carbocycles. The Labute approximate surface area is 125 Å². The second kappa shape index (κ2) is 7.21. The SMILES string of the molecule is COC(=O)[C@@H](C)N1CCN([C@@H](C#N)c2ccccc2)CC1. The van der Waals surface area contributed by atoms with Crippen LogP contribution in [-0.4, -0.2) is 55.1 Å². The van der Waals surface area contributed by atoms with Crippen LogP contribution in [0.4, 0.5) is 0 Å². The summed E-state index contributed by atoms with van der Waals surface area (Å²) in [7, 11) is 1.41. The van der Waals surface area contributed by atoms with Gasteiger partial charge < -0.3 is 4.74 Å². The highest BCUT2D eigenvalue weighted by molar-refractivity contribution is 5.75. The molecule has 0 spiro atoms. The van der Waals surface area contributed by atoms with E-state index in [-0.39, 0.29) is 18.1 Å². The summed E-state index contributed by atoms with van der Waals surface area (Å²) >= 11 is 0. The maximum atomic E-state index is 11.6. The minimum atomic E-state index is -0.227. The van der Waals surface area contributed by atoms with Gasteiger partial charge in [-0.2, -0.15) is 5.26 Å². The van der Waals surface area contributed by atoms with Crippen molar-refractivity contribution >= 4 is 5.97 Å². The number of hydrogen-bond acceptors (Lipinski definition) is 5. The van der Waals surface area contributed by atoms with Crippen LogP contribution < -0.4 is 0 Å². The number of nitrogens with zero attached hydrogens (tertiary/aromatic N) is 3. The molecular formula is C16H21N3O2. The number of methoxy groups -OCH3 is 1. The van der Waals surface area contributed by atoms with Crippen LogP contribution in [0.3, 0.4) is 0 Å². The largest absolute Gasteiger partial charge is 0.468 e. The van der Waals surface area contributed by atoms with Gasteiger partial charge in [0.2, 0.25) is 0 Å². The van der Waals surface area contributed by atoms with Crippen LogP contribution in [0.5, 0.6) is 0 Å². The van der Waals surface area contributed by atoms with Gasteiger partial charge in [-0.3, -0.25) is 14.6 Å². The van der Waals surface area contributed by atoms with Crippen LogP contribution >= 0.6 is 0 Å². The first-order chi connectivity index (χ1) is 10.2. The molecule has 1 saturated heterocycles. The predicted octanol–water partition coefficient (Wildman–Crippen LogP) is 1.43. The quantitative estimate of drug-likeness (QED) is 0.784. The molecule has 0 saturated carbocycles. The Balaban J connectivity index is 1.97. The summed E-state index contributed by atoms with van der Waals surface area (Å²) in [5.74, 6) is -0.205. The molecule has 5 nitrogen and oxygen atoms in total. The Kier molecular flexibility index (Phi) is 5.32. The van der Waals surface area contributed by atoms with E-state index in [0.29, 0.717) is 0 Å². The first kappa shape index (κ1) is 15.5. The zero-order valence-corrected chi connectivity index (χ0v) is 12.5. The number of esters is 1. The Morgan fingerprint density at radius 3 is 2.29 bits per heavy atom. The van der Waals surface area contributed by atoms with Gasteiger partial charge in [0.1, 0.15) is 12.1 Å². The highest BCUT2D eigenvalue weighted by Gasteiger charge is 2.29. The van der Waals surface area contributed by atoms with Crippen LogP contribution in [0.1, 0.15) is 18.5 Å². The summed E-state index contributed by atoms with van der Waals surface area (Å²) in [6, 6.07) is 11.8. The second-order valence-electron chi connectivity index (χ2n) is 5.21. The van der Waals surface area contributed by atoms with Gasteiger partial charge in [-0.1, -0.05) is 30.3 Å². The van der Waals surface area contributed by atoms with Crippen LogP contribution in [0, 0.1) is 11.3 Å². The van der Waals surface area contributed by atoms with Crippen molar-refractivity contribution in [3.8, 4) is 6.07 Å². The van der Waals surface area contributed by atoms with E-state index in [0.717, 1.165) is 31.7 Å². The maximum Gasteiger partial charge on any atom is 0.322 e. The van der Waals surface area contributed by atoms with Gasteiger partial charge in [0.05, 0.1) is 13.2 Å². The number of rotatable bonds is 4. The van der Waals surface area contributed by atoms with E-state index in [2.05, 4.69) is 15.9 Å². The molecule has 0 aliphatic carbocycles. The summed E-state index contributed by atoms with van der Waals surface area (Å²) in [4.78, 5) is 15.8. The van der Waals surface area contributed by atoms with Gasteiger partial charge in [-0.05, 0) is 12.5 Å². The average molecular weight is 287 g/mol. The van der Waals surface area contributed by atoms with Crippen molar-refractivity contribution in [2.45, 2.75) is 19.0 Å².